The van der Waals surface area contributed by atoms with Gasteiger partial charge in [-0.1, -0.05) is 11.6 Å². The summed E-state index contributed by atoms with van der Waals surface area (Å²) in [6.07, 6.45) is 3.01. The second-order valence-corrected chi connectivity index (χ2v) is 7.65. The van der Waals surface area contributed by atoms with Crippen molar-refractivity contribution >= 4 is 28.7 Å². The molecule has 0 aliphatic carbocycles. The summed E-state index contributed by atoms with van der Waals surface area (Å²) in [5.74, 6) is -0.422. The topological polar surface area (TPSA) is 56.1 Å². The summed E-state index contributed by atoms with van der Waals surface area (Å²) in [6, 6.07) is 8.67. The van der Waals surface area contributed by atoms with Crippen LogP contribution in [0.15, 0.2) is 42.7 Å². The molecule has 2 heterocycles. The fourth-order valence-corrected chi connectivity index (χ4v) is 3.02. The van der Waals surface area contributed by atoms with Gasteiger partial charge in [0.05, 0.1) is 17.6 Å². The average Bonchev–Trinajstić information content (AvgIpc) is 2.98. The van der Waals surface area contributed by atoms with E-state index in [0.29, 0.717) is 22.7 Å². The zero-order chi connectivity index (χ0) is 19.6. The highest BCUT2D eigenvalue weighted by atomic mass is 35.5. The predicted octanol–water partition coefficient (Wildman–Crippen LogP) is 4.90. The molecule has 1 N–H and O–H groups in total. The molecule has 142 valence electrons. The molecule has 7 heteroatoms. The predicted molar refractivity (Wildman–Crippen MR) is 103 cm³/mol. The number of benzene rings is 1. The molecule has 0 fully saturated rings. The lowest BCUT2D eigenvalue weighted by molar-refractivity contribution is 0.0523. The highest BCUT2D eigenvalue weighted by Gasteiger charge is 2.17. The molecule has 5 nitrogen and oxygen atoms in total. The molecule has 0 spiro atoms. The van der Waals surface area contributed by atoms with Crippen molar-refractivity contribution in [1.29, 1.82) is 0 Å². The van der Waals surface area contributed by atoms with Crippen LogP contribution in [0.3, 0.4) is 0 Å². The number of hydrogen-bond acceptors (Lipinski definition) is 3. The number of amides is 1. The molecule has 3 rings (SSSR count). The normalized spacial score (nSPS) is 11.6. The number of nitrogens with one attached hydrogen (secondary N) is 1. The van der Waals surface area contributed by atoms with Crippen LogP contribution >= 0.6 is 11.6 Å². The Bertz CT molecular complexity index is 956. The van der Waals surface area contributed by atoms with Crippen LogP contribution in [0.5, 0.6) is 0 Å². The van der Waals surface area contributed by atoms with Gasteiger partial charge in [-0.05, 0) is 56.7 Å². The Morgan fingerprint density at radius 1 is 1.33 bits per heavy atom. The van der Waals surface area contributed by atoms with Crippen molar-refractivity contribution in [1.82, 2.24) is 14.9 Å². The third-order valence-electron chi connectivity index (χ3n) is 3.90. The quantitative estimate of drug-likeness (QED) is 0.690. The van der Waals surface area contributed by atoms with Crippen molar-refractivity contribution in [2.45, 2.75) is 39.5 Å². The molecular formula is C20H21ClFN3O2. The zero-order valence-electron chi connectivity index (χ0n) is 15.4. The van der Waals surface area contributed by atoms with Gasteiger partial charge in [-0.2, -0.15) is 0 Å². The summed E-state index contributed by atoms with van der Waals surface area (Å²) in [4.78, 5) is 16.0. The number of hydrogen-bond donors (Lipinski definition) is 1. The first-order chi connectivity index (χ1) is 12.7. The van der Waals surface area contributed by atoms with E-state index in [1.807, 2.05) is 29.0 Å². The number of carbonyl (C=O) groups is 1. The monoisotopic (exact) mass is 389 g/mol. The van der Waals surface area contributed by atoms with Crippen LogP contribution in [0.2, 0.25) is 5.02 Å². The molecule has 0 bridgehead atoms. The first-order valence-corrected chi connectivity index (χ1v) is 8.94. The summed E-state index contributed by atoms with van der Waals surface area (Å²) >= 11 is 6.31. The Morgan fingerprint density at radius 3 is 2.81 bits per heavy atom. The van der Waals surface area contributed by atoms with Gasteiger partial charge in [0.15, 0.2) is 0 Å². The van der Waals surface area contributed by atoms with Gasteiger partial charge in [-0.25, -0.2) is 9.18 Å². The minimum absolute atomic E-state index is 0.127. The van der Waals surface area contributed by atoms with E-state index >= 15 is 0 Å². The second-order valence-electron chi connectivity index (χ2n) is 7.24. The first kappa shape index (κ1) is 19.2. The molecule has 1 amide bonds. The van der Waals surface area contributed by atoms with E-state index in [9.17, 15) is 9.18 Å². The maximum absolute atomic E-state index is 14.6. The number of aromatic nitrogens is 2. The van der Waals surface area contributed by atoms with E-state index in [0.717, 1.165) is 11.0 Å². The van der Waals surface area contributed by atoms with E-state index in [1.54, 1.807) is 33.0 Å². The standard InChI is InChI=1S/C20H21ClFN3O2/c1-20(2,3)27-19(26)24-11-13-9-15(21)14(16(22)10-13)12-25-8-6-17-18(25)5-4-7-23-17/h4-10H,11-12H2,1-3H3,(H,24,26). The van der Waals surface area contributed by atoms with Crippen LogP contribution in [0, 0.1) is 5.82 Å². The Hall–Kier alpha value is -2.60. The zero-order valence-corrected chi connectivity index (χ0v) is 16.2. The Kier molecular flexibility index (Phi) is 5.37. The lowest BCUT2D eigenvalue weighted by Crippen LogP contribution is -2.32. The molecule has 27 heavy (non-hydrogen) atoms. The molecule has 0 saturated heterocycles. The maximum Gasteiger partial charge on any atom is 0.407 e. The largest absolute Gasteiger partial charge is 0.444 e. The minimum Gasteiger partial charge on any atom is -0.444 e. The molecule has 1 aromatic carbocycles. The maximum atomic E-state index is 14.6. The Balaban J connectivity index is 1.74. The van der Waals surface area contributed by atoms with Gasteiger partial charge in [0, 0.05) is 29.5 Å². The number of fused-ring (bicyclic) bond motifs is 1. The SMILES string of the molecule is CC(C)(C)OC(=O)NCc1cc(F)c(Cn2ccc3ncccc32)c(Cl)c1. The van der Waals surface area contributed by atoms with Gasteiger partial charge in [0.1, 0.15) is 11.4 Å². The number of nitrogens with zero attached hydrogens (tertiary/aromatic N) is 2. The summed E-state index contributed by atoms with van der Waals surface area (Å²) in [7, 11) is 0. The second kappa shape index (κ2) is 7.56. The number of pyridine rings is 1. The van der Waals surface area contributed by atoms with E-state index in [1.165, 1.54) is 6.07 Å². The Morgan fingerprint density at radius 2 is 2.11 bits per heavy atom. The van der Waals surface area contributed by atoms with E-state index in [2.05, 4.69) is 10.3 Å². The van der Waals surface area contributed by atoms with Gasteiger partial charge in [-0.15, -0.1) is 0 Å². The fourth-order valence-electron chi connectivity index (χ4n) is 2.73. The molecule has 0 radical (unpaired) electrons. The highest BCUT2D eigenvalue weighted by Crippen LogP contribution is 2.24. The lowest BCUT2D eigenvalue weighted by atomic mass is 10.1. The van der Waals surface area contributed by atoms with Crippen molar-refractivity contribution < 1.29 is 13.9 Å². The van der Waals surface area contributed by atoms with Crippen LogP contribution in [0.1, 0.15) is 31.9 Å². The highest BCUT2D eigenvalue weighted by molar-refractivity contribution is 6.31. The molecular weight excluding hydrogens is 369 g/mol. The molecule has 0 aliphatic rings. The number of ether oxygens (including phenoxy) is 1. The van der Waals surface area contributed by atoms with Gasteiger partial charge >= 0.3 is 6.09 Å². The molecule has 3 aromatic rings. The number of carbonyl (C=O) groups excluding carboxylic acids is 1. The summed E-state index contributed by atoms with van der Waals surface area (Å²) < 4.78 is 21.7. The summed E-state index contributed by atoms with van der Waals surface area (Å²) in [6.45, 7) is 5.75. The van der Waals surface area contributed by atoms with Crippen LogP contribution in [0.4, 0.5) is 9.18 Å². The van der Waals surface area contributed by atoms with E-state index in [-0.39, 0.29) is 6.54 Å². The third kappa shape index (κ3) is 4.77. The van der Waals surface area contributed by atoms with Gasteiger partial charge < -0.3 is 14.6 Å². The molecule has 2 aromatic heterocycles. The average molecular weight is 390 g/mol. The van der Waals surface area contributed by atoms with Crippen molar-refractivity contribution in [3.8, 4) is 0 Å². The van der Waals surface area contributed by atoms with Crippen molar-refractivity contribution in [2.24, 2.45) is 0 Å². The summed E-state index contributed by atoms with van der Waals surface area (Å²) in [5, 5.41) is 2.91. The van der Waals surface area contributed by atoms with Crippen molar-refractivity contribution in [3.05, 3.63) is 64.7 Å². The van der Waals surface area contributed by atoms with Gasteiger partial charge in [0.25, 0.3) is 0 Å². The number of halogens is 2. The summed E-state index contributed by atoms with van der Waals surface area (Å²) in [5.41, 5.74) is 2.10. The lowest BCUT2D eigenvalue weighted by Gasteiger charge is -2.19. The van der Waals surface area contributed by atoms with Crippen LogP contribution < -0.4 is 5.32 Å². The van der Waals surface area contributed by atoms with Crippen LogP contribution in [-0.4, -0.2) is 21.2 Å². The van der Waals surface area contributed by atoms with Crippen LogP contribution in [-0.2, 0) is 17.8 Å². The van der Waals surface area contributed by atoms with Crippen molar-refractivity contribution in [3.63, 3.8) is 0 Å². The van der Waals surface area contributed by atoms with Gasteiger partial charge in [0.2, 0.25) is 0 Å². The van der Waals surface area contributed by atoms with Gasteiger partial charge in [-0.3, -0.25) is 4.98 Å². The van der Waals surface area contributed by atoms with Crippen LogP contribution in [0.25, 0.3) is 11.0 Å². The van der Waals surface area contributed by atoms with E-state index < -0.39 is 17.5 Å². The molecule has 0 unspecified atom stereocenters. The fraction of sp³-hybridized carbons (Fsp3) is 0.300. The number of rotatable bonds is 4. The first-order valence-electron chi connectivity index (χ1n) is 8.56. The third-order valence-corrected chi connectivity index (χ3v) is 4.24. The molecule has 0 aliphatic heterocycles. The smallest absolute Gasteiger partial charge is 0.407 e. The number of alkyl carbamates (subject to hydrolysis) is 1. The van der Waals surface area contributed by atoms with Crippen molar-refractivity contribution in [2.75, 3.05) is 0 Å². The minimum atomic E-state index is -0.592. The Labute approximate surface area is 162 Å². The van der Waals surface area contributed by atoms with E-state index in [4.69, 9.17) is 16.3 Å². The molecule has 0 saturated carbocycles. The molecule has 0 atom stereocenters.